The van der Waals surface area contributed by atoms with Crippen LogP contribution in [0.3, 0.4) is 0 Å². The zero-order valence-electron chi connectivity index (χ0n) is 9.30. The number of anilines is 1. The summed E-state index contributed by atoms with van der Waals surface area (Å²) in [6.45, 7) is 0. The maximum atomic E-state index is 10.9. The molecule has 0 fully saturated rings. The molecule has 90 valence electrons. The maximum Gasteiger partial charge on any atom is 0.306 e. The minimum absolute atomic E-state index is 0.192. The van der Waals surface area contributed by atoms with Gasteiger partial charge in [0.15, 0.2) is 4.34 Å². The lowest BCUT2D eigenvalue weighted by Crippen LogP contribution is -2.00. The van der Waals surface area contributed by atoms with Gasteiger partial charge >= 0.3 is 5.97 Å². The van der Waals surface area contributed by atoms with Crippen molar-refractivity contribution in [3.05, 3.63) is 18.2 Å². The summed E-state index contributed by atoms with van der Waals surface area (Å²) in [6, 6.07) is 5.66. The first-order chi connectivity index (χ1) is 8.19. The van der Waals surface area contributed by atoms with Crippen molar-refractivity contribution >= 4 is 45.0 Å². The molecule has 0 unspecified atom stereocenters. The highest BCUT2D eigenvalue weighted by molar-refractivity contribution is 8.01. The molecule has 0 radical (unpaired) electrons. The zero-order chi connectivity index (χ0) is 12.3. The Morgan fingerprint density at radius 3 is 3.18 bits per heavy atom. The van der Waals surface area contributed by atoms with Crippen LogP contribution in [0.5, 0.6) is 0 Å². The highest BCUT2D eigenvalue weighted by Gasteiger charge is 2.06. The number of benzene rings is 1. The molecule has 17 heavy (non-hydrogen) atoms. The van der Waals surface area contributed by atoms with Gasteiger partial charge < -0.3 is 10.5 Å². The molecular weight excluding hydrogens is 256 g/mol. The lowest BCUT2D eigenvalue weighted by molar-refractivity contribution is -0.140. The van der Waals surface area contributed by atoms with E-state index in [0.717, 1.165) is 20.2 Å². The maximum absolute atomic E-state index is 10.9. The third-order valence-corrected chi connectivity index (χ3v) is 4.32. The van der Waals surface area contributed by atoms with Crippen LogP contribution in [0.2, 0.25) is 0 Å². The second-order valence-corrected chi connectivity index (χ2v) is 5.75. The number of ether oxygens (including phenoxy) is 1. The summed E-state index contributed by atoms with van der Waals surface area (Å²) in [7, 11) is 1.40. The van der Waals surface area contributed by atoms with E-state index in [-0.39, 0.29) is 5.97 Å². The Hall–Kier alpha value is -1.27. The number of carbonyl (C=O) groups is 1. The van der Waals surface area contributed by atoms with Gasteiger partial charge in [0.2, 0.25) is 0 Å². The Morgan fingerprint density at radius 2 is 2.41 bits per heavy atom. The first-order valence-corrected chi connectivity index (χ1v) is 6.85. The predicted octanol–water partition coefficient (Wildman–Crippen LogP) is 2.53. The second-order valence-electron chi connectivity index (χ2n) is 3.38. The van der Waals surface area contributed by atoms with E-state index < -0.39 is 0 Å². The Bertz CT molecular complexity index is 539. The van der Waals surface area contributed by atoms with Crippen LogP contribution < -0.4 is 5.73 Å². The SMILES string of the molecule is COC(=O)CCSc1nc2ccc(N)cc2s1. The van der Waals surface area contributed by atoms with Gasteiger partial charge in [0.1, 0.15) is 0 Å². The molecule has 0 amide bonds. The van der Waals surface area contributed by atoms with Gasteiger partial charge in [-0.15, -0.1) is 11.3 Å². The second kappa shape index (κ2) is 5.37. The van der Waals surface area contributed by atoms with E-state index >= 15 is 0 Å². The quantitative estimate of drug-likeness (QED) is 0.524. The summed E-state index contributed by atoms with van der Waals surface area (Å²) in [5.74, 6) is 0.491. The number of rotatable bonds is 4. The number of fused-ring (bicyclic) bond motifs is 1. The molecule has 2 N–H and O–H groups in total. The molecule has 1 aromatic carbocycles. The molecule has 2 aromatic rings. The molecule has 0 atom stereocenters. The van der Waals surface area contributed by atoms with E-state index in [1.807, 2.05) is 18.2 Å². The molecule has 1 heterocycles. The van der Waals surface area contributed by atoms with E-state index in [2.05, 4.69) is 9.72 Å². The third kappa shape index (κ3) is 3.10. The Morgan fingerprint density at radius 1 is 1.59 bits per heavy atom. The number of thiazole rings is 1. The number of hydrogen-bond donors (Lipinski definition) is 1. The standard InChI is InChI=1S/C11H12N2O2S2/c1-15-10(14)4-5-16-11-13-8-3-2-7(12)6-9(8)17-11/h2-3,6H,4-5,12H2,1H3. The van der Waals surface area contributed by atoms with E-state index in [1.165, 1.54) is 7.11 Å². The Kier molecular flexibility index (Phi) is 3.86. The molecule has 0 bridgehead atoms. The highest BCUT2D eigenvalue weighted by atomic mass is 32.2. The summed E-state index contributed by atoms with van der Waals surface area (Å²) in [6.07, 6.45) is 0.402. The molecule has 1 aromatic heterocycles. The first-order valence-electron chi connectivity index (χ1n) is 5.05. The minimum atomic E-state index is -0.192. The Balaban J connectivity index is 2.02. The van der Waals surface area contributed by atoms with Gasteiger partial charge in [-0.25, -0.2) is 4.98 Å². The van der Waals surface area contributed by atoms with Crippen LogP contribution in [0.4, 0.5) is 5.69 Å². The van der Waals surface area contributed by atoms with Gasteiger partial charge in [-0.2, -0.15) is 0 Å². The first kappa shape index (κ1) is 12.2. The molecule has 0 aliphatic rings. The topological polar surface area (TPSA) is 65.2 Å². The van der Waals surface area contributed by atoms with Crippen LogP contribution in [0.1, 0.15) is 6.42 Å². The Labute approximate surface area is 107 Å². The average Bonchev–Trinajstić information content (AvgIpc) is 2.70. The van der Waals surface area contributed by atoms with Crippen LogP contribution in [0.15, 0.2) is 22.5 Å². The van der Waals surface area contributed by atoms with Crippen LogP contribution in [0, 0.1) is 0 Å². The van der Waals surface area contributed by atoms with Crippen molar-refractivity contribution in [1.82, 2.24) is 4.98 Å². The lowest BCUT2D eigenvalue weighted by atomic mass is 10.3. The molecule has 0 spiro atoms. The van der Waals surface area contributed by atoms with Gasteiger partial charge in [-0.1, -0.05) is 11.8 Å². The summed E-state index contributed by atoms with van der Waals surface area (Å²) in [4.78, 5) is 15.4. The van der Waals surface area contributed by atoms with Crippen molar-refractivity contribution in [2.75, 3.05) is 18.6 Å². The number of aromatic nitrogens is 1. The highest BCUT2D eigenvalue weighted by Crippen LogP contribution is 2.30. The predicted molar refractivity (Wildman–Crippen MR) is 71.4 cm³/mol. The molecule has 0 aliphatic carbocycles. The largest absolute Gasteiger partial charge is 0.469 e. The van der Waals surface area contributed by atoms with Crippen LogP contribution in [-0.4, -0.2) is 23.8 Å². The van der Waals surface area contributed by atoms with Gasteiger partial charge in [0.25, 0.3) is 0 Å². The van der Waals surface area contributed by atoms with Gasteiger partial charge in [0, 0.05) is 11.4 Å². The van der Waals surface area contributed by atoms with E-state index in [9.17, 15) is 4.79 Å². The number of nitrogens with two attached hydrogens (primary N) is 1. The number of methoxy groups -OCH3 is 1. The molecule has 2 rings (SSSR count). The number of nitrogens with zero attached hydrogens (tertiary/aromatic N) is 1. The minimum Gasteiger partial charge on any atom is -0.469 e. The summed E-state index contributed by atoms with van der Waals surface area (Å²) in [5, 5.41) is 0. The zero-order valence-corrected chi connectivity index (χ0v) is 10.9. The molecule has 0 aliphatic heterocycles. The number of hydrogen-bond acceptors (Lipinski definition) is 6. The normalized spacial score (nSPS) is 10.6. The van der Waals surface area contributed by atoms with Crippen LogP contribution in [0.25, 0.3) is 10.2 Å². The number of carbonyl (C=O) groups excluding carboxylic acids is 1. The molecule has 4 nitrogen and oxygen atoms in total. The number of nitrogen functional groups attached to an aromatic ring is 1. The van der Waals surface area contributed by atoms with Crippen molar-refractivity contribution in [3.63, 3.8) is 0 Å². The van der Waals surface area contributed by atoms with Crippen LogP contribution in [-0.2, 0) is 9.53 Å². The molecular formula is C11H12N2O2S2. The fourth-order valence-electron chi connectivity index (χ4n) is 1.31. The van der Waals surface area contributed by atoms with E-state index in [0.29, 0.717) is 12.2 Å². The van der Waals surface area contributed by atoms with Gasteiger partial charge in [-0.3, -0.25) is 4.79 Å². The lowest BCUT2D eigenvalue weighted by Gasteiger charge is -1.96. The molecule has 0 saturated carbocycles. The summed E-state index contributed by atoms with van der Waals surface area (Å²) < 4.78 is 6.60. The number of esters is 1. The monoisotopic (exact) mass is 268 g/mol. The molecule has 0 saturated heterocycles. The molecule has 6 heteroatoms. The smallest absolute Gasteiger partial charge is 0.306 e. The van der Waals surface area contributed by atoms with Crippen molar-refractivity contribution in [3.8, 4) is 0 Å². The number of thioether (sulfide) groups is 1. The van der Waals surface area contributed by atoms with E-state index in [1.54, 1.807) is 23.1 Å². The van der Waals surface area contributed by atoms with Crippen LogP contribution >= 0.6 is 23.1 Å². The van der Waals surface area contributed by atoms with Crippen molar-refractivity contribution in [2.24, 2.45) is 0 Å². The van der Waals surface area contributed by atoms with Gasteiger partial charge in [-0.05, 0) is 18.2 Å². The van der Waals surface area contributed by atoms with Crippen molar-refractivity contribution in [1.29, 1.82) is 0 Å². The van der Waals surface area contributed by atoms with Gasteiger partial charge in [0.05, 0.1) is 23.7 Å². The fraction of sp³-hybridized carbons (Fsp3) is 0.273. The summed E-state index contributed by atoms with van der Waals surface area (Å²) in [5.41, 5.74) is 7.39. The van der Waals surface area contributed by atoms with Crippen molar-refractivity contribution in [2.45, 2.75) is 10.8 Å². The third-order valence-electron chi connectivity index (χ3n) is 2.15. The average molecular weight is 268 g/mol. The van der Waals surface area contributed by atoms with E-state index in [4.69, 9.17) is 5.73 Å². The van der Waals surface area contributed by atoms with Crippen molar-refractivity contribution < 1.29 is 9.53 Å². The summed E-state index contributed by atoms with van der Waals surface area (Å²) >= 11 is 3.15. The fourth-order valence-corrected chi connectivity index (χ4v) is 3.41.